The number of hydrogen-bond acceptors (Lipinski definition) is 2. The Hall–Kier alpha value is -1.32. The van der Waals surface area contributed by atoms with Gasteiger partial charge in [-0.2, -0.15) is 0 Å². The van der Waals surface area contributed by atoms with E-state index in [1.807, 2.05) is 31.3 Å². The first-order chi connectivity index (χ1) is 8.69. The van der Waals surface area contributed by atoms with Crippen molar-refractivity contribution in [1.29, 1.82) is 0 Å². The lowest BCUT2D eigenvalue weighted by Crippen LogP contribution is -2.42. The highest BCUT2D eigenvalue weighted by molar-refractivity contribution is 5.83. The fourth-order valence-corrected chi connectivity index (χ4v) is 3.08. The van der Waals surface area contributed by atoms with Crippen LogP contribution in [-0.4, -0.2) is 23.2 Å². The second-order valence-electron chi connectivity index (χ2n) is 5.44. The van der Waals surface area contributed by atoms with Gasteiger partial charge in [0.2, 0.25) is 0 Å². The van der Waals surface area contributed by atoms with Gasteiger partial charge in [-0.1, -0.05) is 12.1 Å². The van der Waals surface area contributed by atoms with Gasteiger partial charge in [0.15, 0.2) is 0 Å². The molecule has 0 aliphatic carbocycles. The summed E-state index contributed by atoms with van der Waals surface area (Å²) in [5, 5.41) is 15.5. The molecule has 1 fully saturated rings. The summed E-state index contributed by atoms with van der Waals surface area (Å²) in [5.74, 6) is 0.284. The number of aliphatic hydroxyl groups is 1. The first-order valence-corrected chi connectivity index (χ1v) is 6.69. The molecule has 2 heterocycles. The Morgan fingerprint density at radius 1 is 1.33 bits per heavy atom. The van der Waals surface area contributed by atoms with Gasteiger partial charge in [-0.15, -0.1) is 0 Å². The van der Waals surface area contributed by atoms with E-state index in [1.54, 1.807) is 0 Å². The van der Waals surface area contributed by atoms with Crippen LogP contribution in [0.4, 0.5) is 0 Å². The molecular weight excluding hydrogens is 224 g/mol. The third-order valence-corrected chi connectivity index (χ3v) is 4.23. The van der Waals surface area contributed by atoms with Crippen LogP contribution in [0.3, 0.4) is 0 Å². The molecule has 1 aromatic heterocycles. The summed E-state index contributed by atoms with van der Waals surface area (Å²) < 4.78 is 0. The summed E-state index contributed by atoms with van der Waals surface area (Å²) >= 11 is 0. The monoisotopic (exact) mass is 244 g/mol. The van der Waals surface area contributed by atoms with Crippen LogP contribution in [0.25, 0.3) is 10.9 Å². The molecule has 18 heavy (non-hydrogen) atoms. The Balaban J connectivity index is 2.03. The molecule has 2 aromatic rings. The maximum absolute atomic E-state index is 11.0. The van der Waals surface area contributed by atoms with Gasteiger partial charge >= 0.3 is 0 Å². The summed E-state index contributed by atoms with van der Waals surface area (Å²) in [6.07, 6.45) is 4.16. The van der Waals surface area contributed by atoms with E-state index >= 15 is 0 Å². The first-order valence-electron chi connectivity index (χ1n) is 6.69. The molecule has 3 nitrogen and oxygen atoms in total. The number of aromatic nitrogens is 1. The van der Waals surface area contributed by atoms with Crippen molar-refractivity contribution < 1.29 is 5.11 Å². The maximum atomic E-state index is 11.0. The molecule has 1 saturated heterocycles. The molecule has 0 spiro atoms. The van der Waals surface area contributed by atoms with Crippen LogP contribution >= 0.6 is 0 Å². The quantitative estimate of drug-likeness (QED) is 0.759. The maximum Gasteiger partial charge on any atom is 0.0915 e. The van der Waals surface area contributed by atoms with E-state index in [2.05, 4.69) is 16.4 Å². The zero-order chi connectivity index (χ0) is 12.6. The lowest BCUT2D eigenvalue weighted by atomic mass is 9.78. The lowest BCUT2D eigenvalue weighted by molar-refractivity contribution is -0.0143. The lowest BCUT2D eigenvalue weighted by Gasteiger charge is -2.36. The van der Waals surface area contributed by atoms with Gasteiger partial charge in [-0.3, -0.25) is 0 Å². The molecule has 2 unspecified atom stereocenters. The zero-order valence-electron chi connectivity index (χ0n) is 10.7. The number of piperidine rings is 1. The Morgan fingerprint density at radius 3 is 3.00 bits per heavy atom. The Bertz CT molecular complexity index is 538. The van der Waals surface area contributed by atoms with Crippen LogP contribution in [0.2, 0.25) is 0 Å². The molecule has 96 valence electrons. The number of fused-ring (bicyclic) bond motifs is 1. The largest absolute Gasteiger partial charge is 0.385 e. The number of hydrogen-bond donors (Lipinski definition) is 3. The van der Waals surface area contributed by atoms with Crippen molar-refractivity contribution in [3.63, 3.8) is 0 Å². The van der Waals surface area contributed by atoms with Crippen molar-refractivity contribution in [3.8, 4) is 0 Å². The molecule has 1 aliphatic heterocycles. The van der Waals surface area contributed by atoms with Gasteiger partial charge in [0.05, 0.1) is 5.60 Å². The van der Waals surface area contributed by atoms with Gasteiger partial charge in [-0.05, 0) is 44.0 Å². The number of benzene rings is 1. The molecule has 3 rings (SSSR count). The minimum atomic E-state index is -0.769. The fraction of sp³-hybridized carbons (Fsp3) is 0.467. The molecule has 3 heteroatoms. The average Bonchev–Trinajstić information content (AvgIpc) is 2.87. The summed E-state index contributed by atoms with van der Waals surface area (Å²) in [7, 11) is 0. The van der Waals surface area contributed by atoms with E-state index in [0.717, 1.165) is 42.4 Å². The smallest absolute Gasteiger partial charge is 0.0915 e. The molecule has 1 aromatic carbocycles. The van der Waals surface area contributed by atoms with Crippen molar-refractivity contribution in [2.75, 3.05) is 13.1 Å². The van der Waals surface area contributed by atoms with Crippen LogP contribution in [0.15, 0.2) is 30.5 Å². The predicted molar refractivity (Wildman–Crippen MR) is 73.5 cm³/mol. The summed E-state index contributed by atoms with van der Waals surface area (Å²) in [5.41, 5.74) is 1.36. The second-order valence-corrected chi connectivity index (χ2v) is 5.44. The molecule has 3 N–H and O–H groups in total. The van der Waals surface area contributed by atoms with E-state index in [1.165, 1.54) is 0 Å². The minimum Gasteiger partial charge on any atom is -0.385 e. The number of aromatic amines is 1. The molecule has 0 bridgehead atoms. The van der Waals surface area contributed by atoms with E-state index in [9.17, 15) is 5.11 Å². The Labute approximate surface area is 107 Å². The van der Waals surface area contributed by atoms with E-state index in [0.29, 0.717) is 0 Å². The highest BCUT2D eigenvalue weighted by atomic mass is 16.3. The molecule has 2 atom stereocenters. The van der Waals surface area contributed by atoms with Crippen LogP contribution in [-0.2, 0) is 5.60 Å². The van der Waals surface area contributed by atoms with Crippen molar-refractivity contribution in [2.24, 2.45) is 5.92 Å². The number of nitrogens with one attached hydrogen (secondary N) is 2. The summed E-state index contributed by atoms with van der Waals surface area (Å²) in [6, 6.07) is 8.16. The third kappa shape index (κ3) is 1.84. The van der Waals surface area contributed by atoms with Crippen LogP contribution in [0, 0.1) is 5.92 Å². The normalized spacial score (nSPS) is 24.0. The molecular formula is C15H20N2O. The SMILES string of the molecule is CC(O)(c1cccc2[nH]ccc12)C1CCCNC1. The van der Waals surface area contributed by atoms with E-state index in [4.69, 9.17) is 0 Å². The predicted octanol–water partition coefficient (Wildman–Crippen LogP) is 2.38. The van der Waals surface area contributed by atoms with Crippen LogP contribution < -0.4 is 5.32 Å². The van der Waals surface area contributed by atoms with Crippen molar-refractivity contribution in [1.82, 2.24) is 10.3 Å². The standard InChI is InChI=1S/C15H20N2O/c1-15(18,11-4-3-8-16-10-11)13-5-2-6-14-12(13)7-9-17-14/h2,5-7,9,11,16-18H,3-4,8,10H2,1H3. The van der Waals surface area contributed by atoms with Gasteiger partial charge in [0.25, 0.3) is 0 Å². The Kier molecular flexibility index (Phi) is 2.88. The van der Waals surface area contributed by atoms with Crippen LogP contribution in [0.1, 0.15) is 25.3 Å². The zero-order valence-corrected chi connectivity index (χ0v) is 10.7. The minimum absolute atomic E-state index is 0.284. The highest BCUT2D eigenvalue weighted by Crippen LogP contribution is 2.36. The van der Waals surface area contributed by atoms with E-state index < -0.39 is 5.60 Å². The summed E-state index contributed by atoms with van der Waals surface area (Å²) in [6.45, 7) is 3.92. The Morgan fingerprint density at radius 2 is 2.22 bits per heavy atom. The van der Waals surface area contributed by atoms with Crippen molar-refractivity contribution in [2.45, 2.75) is 25.4 Å². The van der Waals surface area contributed by atoms with Gasteiger partial charge in [0, 0.05) is 29.6 Å². The molecule has 0 saturated carbocycles. The average molecular weight is 244 g/mol. The summed E-state index contributed by atoms with van der Waals surface area (Å²) in [4.78, 5) is 3.21. The first kappa shape index (κ1) is 11.8. The fourth-order valence-electron chi connectivity index (χ4n) is 3.08. The molecule has 0 radical (unpaired) electrons. The topological polar surface area (TPSA) is 48.0 Å². The van der Waals surface area contributed by atoms with Crippen molar-refractivity contribution in [3.05, 3.63) is 36.0 Å². The van der Waals surface area contributed by atoms with Gasteiger partial charge < -0.3 is 15.4 Å². The third-order valence-electron chi connectivity index (χ3n) is 4.23. The van der Waals surface area contributed by atoms with Crippen molar-refractivity contribution >= 4 is 10.9 Å². The second kappa shape index (κ2) is 4.41. The molecule has 1 aliphatic rings. The number of rotatable bonds is 2. The molecule has 0 amide bonds. The van der Waals surface area contributed by atoms with Gasteiger partial charge in [0.1, 0.15) is 0 Å². The van der Waals surface area contributed by atoms with Gasteiger partial charge in [-0.25, -0.2) is 0 Å². The number of H-pyrrole nitrogens is 1. The van der Waals surface area contributed by atoms with Crippen LogP contribution in [0.5, 0.6) is 0 Å². The highest BCUT2D eigenvalue weighted by Gasteiger charge is 2.35. The van der Waals surface area contributed by atoms with E-state index in [-0.39, 0.29) is 5.92 Å².